The predicted molar refractivity (Wildman–Crippen MR) is 126 cm³/mol. The van der Waals surface area contributed by atoms with E-state index in [1.807, 2.05) is 72.8 Å². The van der Waals surface area contributed by atoms with Gasteiger partial charge in [-0.15, -0.1) is 11.3 Å². The van der Waals surface area contributed by atoms with Crippen LogP contribution < -0.4 is 15.9 Å². The van der Waals surface area contributed by atoms with Crippen molar-refractivity contribution in [1.82, 2.24) is 0 Å². The monoisotopic (exact) mass is 426 g/mol. The topological polar surface area (TPSA) is 34.1 Å². The summed E-state index contributed by atoms with van der Waals surface area (Å²) in [4.78, 5) is 23.8. The smallest absolute Gasteiger partial charge is 0.195 e. The molecule has 0 radical (unpaired) electrons. The minimum atomic E-state index is 0.0619. The SMILES string of the molecule is O=C1C=CC=C2C=c3ccccc3=C12.O=c1c2ccccc2sc2ccc(Cl)cc12. The van der Waals surface area contributed by atoms with Crippen molar-refractivity contribution in [3.05, 3.63) is 116 Å². The normalized spacial score (nSPS) is 14.0. The van der Waals surface area contributed by atoms with Crippen molar-refractivity contribution in [2.75, 3.05) is 0 Å². The van der Waals surface area contributed by atoms with Crippen molar-refractivity contribution in [3.63, 3.8) is 0 Å². The Morgan fingerprint density at radius 1 is 0.800 bits per heavy atom. The molecule has 4 heteroatoms. The van der Waals surface area contributed by atoms with E-state index in [1.165, 1.54) is 0 Å². The summed E-state index contributed by atoms with van der Waals surface area (Å²) in [5, 5.41) is 4.28. The molecule has 6 rings (SSSR count). The quantitative estimate of drug-likeness (QED) is 0.380. The van der Waals surface area contributed by atoms with Gasteiger partial charge in [-0.3, -0.25) is 9.59 Å². The number of rotatable bonds is 0. The van der Waals surface area contributed by atoms with E-state index in [2.05, 4.69) is 6.08 Å². The number of halogens is 1. The minimum absolute atomic E-state index is 0.0619. The maximum atomic E-state index is 12.2. The first-order valence-corrected chi connectivity index (χ1v) is 10.7. The van der Waals surface area contributed by atoms with Crippen LogP contribution in [0.4, 0.5) is 0 Å². The predicted octanol–water partition coefficient (Wildman–Crippen LogP) is 4.76. The molecule has 1 heterocycles. The van der Waals surface area contributed by atoms with E-state index in [9.17, 15) is 9.59 Å². The zero-order valence-corrected chi connectivity index (χ0v) is 17.3. The molecule has 0 fully saturated rings. The van der Waals surface area contributed by atoms with Gasteiger partial charge in [0, 0.05) is 30.8 Å². The van der Waals surface area contributed by atoms with E-state index < -0.39 is 0 Å². The molecule has 3 aromatic carbocycles. The van der Waals surface area contributed by atoms with Gasteiger partial charge in [0.15, 0.2) is 11.2 Å². The van der Waals surface area contributed by atoms with Crippen molar-refractivity contribution in [3.8, 4) is 0 Å². The van der Waals surface area contributed by atoms with E-state index in [0.29, 0.717) is 10.4 Å². The first-order valence-electron chi connectivity index (χ1n) is 9.47. The van der Waals surface area contributed by atoms with Crippen LogP contribution in [0.5, 0.6) is 0 Å². The zero-order chi connectivity index (χ0) is 20.7. The molecule has 0 spiro atoms. The second-order valence-corrected chi connectivity index (χ2v) is 8.54. The summed E-state index contributed by atoms with van der Waals surface area (Å²) >= 11 is 7.52. The van der Waals surface area contributed by atoms with Gasteiger partial charge in [0.1, 0.15) is 0 Å². The van der Waals surface area contributed by atoms with E-state index in [4.69, 9.17) is 11.6 Å². The fourth-order valence-electron chi connectivity index (χ4n) is 3.75. The molecule has 0 saturated carbocycles. The van der Waals surface area contributed by atoms with Gasteiger partial charge in [-0.1, -0.05) is 60.2 Å². The zero-order valence-electron chi connectivity index (χ0n) is 15.8. The average Bonchev–Trinajstić information content (AvgIpc) is 3.15. The third kappa shape index (κ3) is 3.22. The minimum Gasteiger partial charge on any atom is -0.289 e. The van der Waals surface area contributed by atoms with Crippen LogP contribution in [0.1, 0.15) is 0 Å². The molecule has 0 atom stereocenters. The summed E-state index contributed by atoms with van der Waals surface area (Å²) < 4.78 is 2.00. The molecule has 0 amide bonds. The Labute approximate surface area is 181 Å². The maximum absolute atomic E-state index is 12.2. The van der Waals surface area contributed by atoms with Gasteiger partial charge in [0.05, 0.1) is 0 Å². The Morgan fingerprint density at radius 2 is 1.57 bits per heavy atom. The summed E-state index contributed by atoms with van der Waals surface area (Å²) in [7, 11) is 0. The van der Waals surface area contributed by atoms with Crippen molar-refractivity contribution >= 4 is 60.5 Å². The van der Waals surface area contributed by atoms with Crippen molar-refractivity contribution < 1.29 is 4.79 Å². The van der Waals surface area contributed by atoms with Crippen LogP contribution in [-0.2, 0) is 4.79 Å². The lowest BCUT2D eigenvalue weighted by atomic mass is 9.99. The summed E-state index contributed by atoms with van der Waals surface area (Å²) in [6, 6.07) is 21.1. The third-order valence-electron chi connectivity index (χ3n) is 5.14. The van der Waals surface area contributed by atoms with Crippen molar-refractivity contribution in [2.45, 2.75) is 0 Å². The molecule has 0 aliphatic heterocycles. The Kier molecular flexibility index (Phi) is 4.70. The number of carbonyl (C=O) groups is 1. The second-order valence-electron chi connectivity index (χ2n) is 7.02. The second kappa shape index (κ2) is 7.52. The van der Waals surface area contributed by atoms with Gasteiger partial charge < -0.3 is 0 Å². The number of ketones is 1. The molecule has 1 aromatic heterocycles. The molecule has 0 unspecified atom stereocenters. The fourth-order valence-corrected chi connectivity index (χ4v) is 4.97. The van der Waals surface area contributed by atoms with E-state index in [-0.39, 0.29) is 11.2 Å². The van der Waals surface area contributed by atoms with E-state index >= 15 is 0 Å². The number of fused-ring (bicyclic) bond motifs is 4. The summed E-state index contributed by atoms with van der Waals surface area (Å²) in [6.07, 6.45) is 7.47. The van der Waals surface area contributed by atoms with Gasteiger partial charge >= 0.3 is 0 Å². The Bertz CT molecular complexity index is 1590. The van der Waals surface area contributed by atoms with E-state index in [0.717, 1.165) is 36.4 Å². The van der Waals surface area contributed by atoms with Crippen molar-refractivity contribution in [2.24, 2.45) is 0 Å². The Morgan fingerprint density at radius 3 is 2.47 bits per heavy atom. The van der Waals surface area contributed by atoms with Gasteiger partial charge in [-0.05, 0) is 58.5 Å². The number of allylic oxidation sites excluding steroid dienone is 4. The number of carbonyl (C=O) groups excluding carboxylic acids is 1. The highest BCUT2D eigenvalue weighted by Crippen LogP contribution is 2.26. The summed E-state index contributed by atoms with van der Waals surface area (Å²) in [5.74, 6) is 0.115. The standard InChI is InChI=1S/C13H7ClOS.C13H8O/c14-8-5-6-12-10(7-8)13(15)9-3-1-2-4-11(9)16-12;14-12-7-3-5-10-8-9-4-1-2-6-11(9)13(10)12/h1-7H;1-8H. The molecule has 30 heavy (non-hydrogen) atoms. The molecule has 2 aliphatic rings. The van der Waals surface area contributed by atoms with Gasteiger partial charge in [0.2, 0.25) is 0 Å². The van der Waals surface area contributed by atoms with Gasteiger partial charge in [-0.2, -0.15) is 0 Å². The lowest BCUT2D eigenvalue weighted by Gasteiger charge is -2.03. The number of hydrogen-bond donors (Lipinski definition) is 0. The lowest BCUT2D eigenvalue weighted by molar-refractivity contribution is -0.109. The van der Waals surface area contributed by atoms with Crippen LogP contribution >= 0.6 is 22.9 Å². The van der Waals surface area contributed by atoms with Crippen LogP contribution in [0.15, 0.2) is 95.3 Å². The summed E-state index contributed by atoms with van der Waals surface area (Å²) in [5.41, 5.74) is 1.95. The molecule has 0 bridgehead atoms. The molecular weight excluding hydrogens is 412 g/mol. The lowest BCUT2D eigenvalue weighted by Crippen LogP contribution is -2.24. The van der Waals surface area contributed by atoms with Crippen LogP contribution in [0.25, 0.3) is 31.8 Å². The summed E-state index contributed by atoms with van der Waals surface area (Å²) in [6.45, 7) is 0. The Balaban J connectivity index is 0.000000130. The van der Waals surface area contributed by atoms with Crippen LogP contribution in [0.3, 0.4) is 0 Å². The first kappa shape index (κ1) is 18.7. The molecule has 4 aromatic rings. The number of benzene rings is 3. The highest BCUT2D eigenvalue weighted by molar-refractivity contribution is 7.24. The molecule has 2 aliphatic carbocycles. The van der Waals surface area contributed by atoms with Gasteiger partial charge in [0.25, 0.3) is 0 Å². The largest absolute Gasteiger partial charge is 0.289 e. The molecular formula is C26H15ClO2S. The molecule has 0 N–H and O–H groups in total. The highest BCUT2D eigenvalue weighted by Gasteiger charge is 2.17. The van der Waals surface area contributed by atoms with Gasteiger partial charge in [-0.25, -0.2) is 0 Å². The maximum Gasteiger partial charge on any atom is 0.195 e. The fraction of sp³-hybridized carbons (Fsp3) is 0. The van der Waals surface area contributed by atoms with Crippen LogP contribution in [0, 0.1) is 0 Å². The molecule has 0 saturated heterocycles. The average molecular weight is 427 g/mol. The first-order chi connectivity index (χ1) is 14.6. The van der Waals surface area contributed by atoms with E-state index in [1.54, 1.807) is 23.5 Å². The van der Waals surface area contributed by atoms with Crippen molar-refractivity contribution in [1.29, 1.82) is 0 Å². The third-order valence-corrected chi connectivity index (χ3v) is 6.52. The Hall–Kier alpha value is -3.27. The highest BCUT2D eigenvalue weighted by atomic mass is 35.5. The molecule has 144 valence electrons. The molecule has 2 nitrogen and oxygen atoms in total. The number of hydrogen-bond acceptors (Lipinski definition) is 3. The van der Waals surface area contributed by atoms with Crippen LogP contribution in [-0.4, -0.2) is 5.78 Å². The van der Waals surface area contributed by atoms with Crippen LogP contribution in [0.2, 0.25) is 5.02 Å².